The molecule has 0 spiro atoms. The molecule has 0 aromatic heterocycles. The Morgan fingerprint density at radius 1 is 1.08 bits per heavy atom. The van der Waals surface area contributed by atoms with E-state index in [1.165, 1.54) is 0 Å². The highest BCUT2D eigenvalue weighted by atomic mass is 32.2. The number of carbonyl (C=O) groups is 1. The molecule has 2 aromatic carbocycles. The summed E-state index contributed by atoms with van der Waals surface area (Å²) in [7, 11) is -3.65. The maximum Gasteiger partial charge on any atom is 0.267 e. The van der Waals surface area contributed by atoms with Gasteiger partial charge in [-0.25, -0.2) is 12.7 Å². The van der Waals surface area contributed by atoms with Crippen LogP contribution in [0, 0.1) is 13.8 Å². The number of benzene rings is 2. The standard InChI is InChI=1S/C18H19NO4S/c1-13-9-14(2)11-16(10-13)23-8-7-19-18(20)17-6-4-3-5-15(17)12-24(19,21)22/h3-6,9-11H,7-8,12H2,1-2H3. The number of hydrogen-bond acceptors (Lipinski definition) is 4. The normalized spacial score (nSPS) is 15.9. The molecular weight excluding hydrogens is 326 g/mol. The number of sulfonamides is 1. The Morgan fingerprint density at radius 2 is 1.75 bits per heavy atom. The first kappa shape index (κ1) is 16.5. The van der Waals surface area contributed by atoms with Crippen LogP contribution in [0.1, 0.15) is 27.0 Å². The summed E-state index contributed by atoms with van der Waals surface area (Å²) in [6.45, 7) is 4.06. The average Bonchev–Trinajstić information content (AvgIpc) is 2.49. The Balaban J connectivity index is 1.74. The van der Waals surface area contributed by atoms with Crippen LogP contribution in [-0.2, 0) is 15.8 Å². The lowest BCUT2D eigenvalue weighted by Crippen LogP contribution is -2.44. The lowest BCUT2D eigenvalue weighted by Gasteiger charge is -2.28. The summed E-state index contributed by atoms with van der Waals surface area (Å²) in [5, 5.41) is 0. The van der Waals surface area contributed by atoms with Crippen LogP contribution in [-0.4, -0.2) is 31.8 Å². The number of fused-ring (bicyclic) bond motifs is 1. The number of nitrogens with zero attached hydrogens (tertiary/aromatic N) is 1. The summed E-state index contributed by atoms with van der Waals surface area (Å²) in [4.78, 5) is 12.5. The maximum absolute atomic E-state index is 12.5. The monoisotopic (exact) mass is 345 g/mol. The topological polar surface area (TPSA) is 63.7 Å². The fraction of sp³-hybridized carbons (Fsp3) is 0.278. The van der Waals surface area contributed by atoms with E-state index >= 15 is 0 Å². The van der Waals surface area contributed by atoms with Crippen LogP contribution in [0.4, 0.5) is 0 Å². The molecule has 1 heterocycles. The van der Waals surface area contributed by atoms with Gasteiger partial charge in [-0.05, 0) is 48.7 Å². The van der Waals surface area contributed by atoms with Gasteiger partial charge in [0.05, 0.1) is 12.3 Å². The van der Waals surface area contributed by atoms with Crippen molar-refractivity contribution in [2.75, 3.05) is 13.2 Å². The molecule has 5 nitrogen and oxygen atoms in total. The minimum absolute atomic E-state index is 0.00247. The van der Waals surface area contributed by atoms with E-state index < -0.39 is 15.9 Å². The summed E-state index contributed by atoms with van der Waals surface area (Å²) in [6, 6.07) is 12.6. The van der Waals surface area contributed by atoms with Crippen molar-refractivity contribution < 1.29 is 17.9 Å². The molecule has 1 aliphatic heterocycles. The van der Waals surface area contributed by atoms with Crippen LogP contribution < -0.4 is 4.74 Å². The van der Waals surface area contributed by atoms with Gasteiger partial charge >= 0.3 is 0 Å². The molecule has 24 heavy (non-hydrogen) atoms. The fourth-order valence-corrected chi connectivity index (χ4v) is 4.40. The van der Waals surface area contributed by atoms with Crippen LogP contribution in [0.5, 0.6) is 5.75 Å². The largest absolute Gasteiger partial charge is 0.492 e. The molecule has 0 unspecified atom stereocenters. The van der Waals surface area contributed by atoms with Gasteiger partial charge in [0.2, 0.25) is 10.0 Å². The van der Waals surface area contributed by atoms with Crippen molar-refractivity contribution in [1.29, 1.82) is 0 Å². The number of carbonyl (C=O) groups excluding carboxylic acids is 1. The second-order valence-corrected chi connectivity index (χ2v) is 7.86. The van der Waals surface area contributed by atoms with Crippen molar-refractivity contribution in [3.8, 4) is 5.75 Å². The van der Waals surface area contributed by atoms with Gasteiger partial charge in [0, 0.05) is 5.56 Å². The summed E-state index contributed by atoms with van der Waals surface area (Å²) in [6.07, 6.45) is 0. The van der Waals surface area contributed by atoms with Gasteiger partial charge in [-0.15, -0.1) is 0 Å². The van der Waals surface area contributed by atoms with E-state index in [4.69, 9.17) is 4.74 Å². The smallest absolute Gasteiger partial charge is 0.267 e. The maximum atomic E-state index is 12.5. The molecule has 0 aliphatic carbocycles. The molecule has 0 radical (unpaired) electrons. The Kier molecular flexibility index (Phi) is 4.32. The van der Waals surface area contributed by atoms with E-state index in [0.29, 0.717) is 16.9 Å². The van der Waals surface area contributed by atoms with Gasteiger partial charge in [0.1, 0.15) is 12.4 Å². The average molecular weight is 345 g/mol. The predicted octanol–water partition coefficient (Wildman–Crippen LogP) is 2.67. The van der Waals surface area contributed by atoms with Crippen molar-refractivity contribution in [3.05, 3.63) is 64.7 Å². The number of hydrogen-bond donors (Lipinski definition) is 0. The third-order valence-corrected chi connectivity index (χ3v) is 5.60. The van der Waals surface area contributed by atoms with Crippen LogP contribution in [0.25, 0.3) is 0 Å². The number of rotatable bonds is 4. The fourth-order valence-electron chi connectivity index (χ4n) is 2.89. The van der Waals surface area contributed by atoms with Crippen LogP contribution in [0.15, 0.2) is 42.5 Å². The molecule has 6 heteroatoms. The first-order valence-electron chi connectivity index (χ1n) is 7.70. The summed E-state index contributed by atoms with van der Waals surface area (Å²) in [5.41, 5.74) is 3.13. The minimum Gasteiger partial charge on any atom is -0.492 e. The van der Waals surface area contributed by atoms with Gasteiger partial charge in [-0.2, -0.15) is 0 Å². The second kappa shape index (κ2) is 6.28. The molecule has 1 amide bonds. The molecular formula is C18H19NO4S. The molecule has 0 saturated heterocycles. The molecule has 3 rings (SSSR count). The highest BCUT2D eigenvalue weighted by molar-refractivity contribution is 7.89. The molecule has 0 saturated carbocycles. The molecule has 0 atom stereocenters. The Morgan fingerprint density at radius 3 is 2.46 bits per heavy atom. The van der Waals surface area contributed by atoms with Gasteiger partial charge in [0.15, 0.2) is 0 Å². The SMILES string of the molecule is Cc1cc(C)cc(OCCN2C(=O)c3ccccc3CS2(=O)=O)c1. The zero-order valence-electron chi connectivity index (χ0n) is 13.7. The lowest BCUT2D eigenvalue weighted by atomic mass is 10.1. The Hall–Kier alpha value is -2.34. The number of aryl methyl sites for hydroxylation is 2. The van der Waals surface area contributed by atoms with Crippen LogP contribution in [0.3, 0.4) is 0 Å². The van der Waals surface area contributed by atoms with Gasteiger partial charge in [-0.1, -0.05) is 24.3 Å². The Labute approximate surface area is 141 Å². The van der Waals surface area contributed by atoms with E-state index in [1.54, 1.807) is 24.3 Å². The highest BCUT2D eigenvalue weighted by Crippen LogP contribution is 2.24. The lowest BCUT2D eigenvalue weighted by molar-refractivity contribution is 0.0841. The first-order chi connectivity index (χ1) is 11.4. The van der Waals surface area contributed by atoms with E-state index in [-0.39, 0.29) is 18.9 Å². The van der Waals surface area contributed by atoms with E-state index in [9.17, 15) is 13.2 Å². The van der Waals surface area contributed by atoms with Crippen LogP contribution >= 0.6 is 0 Å². The van der Waals surface area contributed by atoms with E-state index in [0.717, 1.165) is 15.4 Å². The highest BCUT2D eigenvalue weighted by Gasteiger charge is 2.35. The molecule has 0 N–H and O–H groups in total. The van der Waals surface area contributed by atoms with Gasteiger partial charge < -0.3 is 4.74 Å². The predicted molar refractivity (Wildman–Crippen MR) is 91.5 cm³/mol. The quantitative estimate of drug-likeness (QED) is 0.855. The third-order valence-electron chi connectivity index (χ3n) is 3.91. The number of ether oxygens (including phenoxy) is 1. The molecule has 2 aromatic rings. The van der Waals surface area contributed by atoms with Crippen molar-refractivity contribution in [1.82, 2.24) is 4.31 Å². The molecule has 126 valence electrons. The van der Waals surface area contributed by atoms with E-state index in [2.05, 4.69) is 0 Å². The molecule has 1 aliphatic rings. The van der Waals surface area contributed by atoms with Crippen molar-refractivity contribution >= 4 is 15.9 Å². The summed E-state index contributed by atoms with van der Waals surface area (Å²) >= 11 is 0. The van der Waals surface area contributed by atoms with Crippen molar-refractivity contribution in [2.45, 2.75) is 19.6 Å². The second-order valence-electron chi connectivity index (χ2n) is 5.96. The summed E-state index contributed by atoms with van der Waals surface area (Å²) in [5.74, 6) is 0.0361. The van der Waals surface area contributed by atoms with Gasteiger partial charge in [0.25, 0.3) is 5.91 Å². The van der Waals surface area contributed by atoms with Gasteiger partial charge in [-0.3, -0.25) is 4.79 Å². The van der Waals surface area contributed by atoms with Crippen LogP contribution in [0.2, 0.25) is 0 Å². The van der Waals surface area contributed by atoms with Crippen molar-refractivity contribution in [2.24, 2.45) is 0 Å². The third kappa shape index (κ3) is 3.28. The molecule has 0 fully saturated rings. The van der Waals surface area contributed by atoms with Crippen molar-refractivity contribution in [3.63, 3.8) is 0 Å². The zero-order valence-corrected chi connectivity index (χ0v) is 14.5. The number of amides is 1. The Bertz CT molecular complexity index is 869. The zero-order chi connectivity index (χ0) is 17.3. The summed E-state index contributed by atoms with van der Waals surface area (Å²) < 4.78 is 31.3. The molecule has 0 bridgehead atoms. The minimum atomic E-state index is -3.65. The van der Waals surface area contributed by atoms with E-state index in [1.807, 2.05) is 32.0 Å². The first-order valence-corrected chi connectivity index (χ1v) is 9.31.